The van der Waals surface area contributed by atoms with Gasteiger partial charge in [-0.25, -0.2) is 0 Å². The third-order valence-corrected chi connectivity index (χ3v) is 5.05. The van der Waals surface area contributed by atoms with Crippen LogP contribution in [-0.4, -0.2) is 48.1 Å². The van der Waals surface area contributed by atoms with Crippen LogP contribution in [0.1, 0.15) is 37.2 Å². The lowest BCUT2D eigenvalue weighted by Gasteiger charge is -2.34. The number of aliphatic hydroxyl groups is 1. The van der Waals surface area contributed by atoms with Crippen molar-refractivity contribution < 1.29 is 14.7 Å². The standard InChI is InChI=1S/C19H26N2O3/c22-13-17(15-5-2-1-3-6-15)19(24)21-10-4-7-16(12-21)18(23)20-11-14-8-9-14/h1-3,5-6,14,16-17,22H,4,7-13H2,(H,20,23). The molecular formula is C19H26N2O3. The van der Waals surface area contributed by atoms with Crippen LogP contribution in [-0.2, 0) is 9.59 Å². The van der Waals surface area contributed by atoms with Crippen molar-refractivity contribution in [2.24, 2.45) is 11.8 Å². The topological polar surface area (TPSA) is 69.6 Å². The lowest BCUT2D eigenvalue weighted by atomic mass is 9.93. The Morgan fingerprint density at radius 2 is 1.96 bits per heavy atom. The molecule has 1 heterocycles. The van der Waals surface area contributed by atoms with Gasteiger partial charge in [0.15, 0.2) is 0 Å². The Kier molecular flexibility index (Phi) is 5.51. The maximum absolute atomic E-state index is 12.8. The molecule has 1 aromatic carbocycles. The number of nitrogens with one attached hydrogen (secondary N) is 1. The summed E-state index contributed by atoms with van der Waals surface area (Å²) in [6.07, 6.45) is 4.09. The highest BCUT2D eigenvalue weighted by atomic mass is 16.3. The van der Waals surface area contributed by atoms with Crippen LogP contribution in [0.4, 0.5) is 0 Å². The average Bonchev–Trinajstić information content (AvgIpc) is 3.45. The Morgan fingerprint density at radius 3 is 2.62 bits per heavy atom. The van der Waals surface area contributed by atoms with E-state index in [4.69, 9.17) is 0 Å². The number of carbonyl (C=O) groups excluding carboxylic acids is 2. The average molecular weight is 330 g/mol. The Labute approximate surface area is 143 Å². The monoisotopic (exact) mass is 330 g/mol. The summed E-state index contributed by atoms with van der Waals surface area (Å²) >= 11 is 0. The molecule has 1 aliphatic heterocycles. The Bertz CT molecular complexity index is 571. The first-order chi connectivity index (χ1) is 11.7. The van der Waals surface area contributed by atoms with Crippen molar-refractivity contribution in [3.05, 3.63) is 35.9 Å². The van der Waals surface area contributed by atoms with Crippen molar-refractivity contribution >= 4 is 11.8 Å². The summed E-state index contributed by atoms with van der Waals surface area (Å²) in [5.74, 6) is -0.0220. The first-order valence-corrected chi connectivity index (χ1v) is 8.91. The van der Waals surface area contributed by atoms with Crippen molar-refractivity contribution in [1.82, 2.24) is 10.2 Å². The van der Waals surface area contributed by atoms with E-state index in [1.807, 2.05) is 30.3 Å². The summed E-state index contributed by atoms with van der Waals surface area (Å²) in [5.41, 5.74) is 0.824. The predicted octanol–water partition coefficient (Wildman–Crippen LogP) is 1.53. The molecule has 3 rings (SSSR count). The molecule has 5 nitrogen and oxygen atoms in total. The highest BCUT2D eigenvalue weighted by Gasteiger charge is 2.32. The highest BCUT2D eigenvalue weighted by molar-refractivity contribution is 5.85. The van der Waals surface area contributed by atoms with E-state index >= 15 is 0 Å². The SMILES string of the molecule is O=C(NCC1CC1)C1CCCN(C(=O)C(CO)c2ccccc2)C1. The van der Waals surface area contributed by atoms with Crippen LogP contribution in [0.2, 0.25) is 0 Å². The minimum atomic E-state index is -0.542. The molecule has 0 aromatic heterocycles. The maximum Gasteiger partial charge on any atom is 0.232 e. The molecule has 130 valence electrons. The van der Waals surface area contributed by atoms with Gasteiger partial charge in [0.1, 0.15) is 0 Å². The molecule has 2 fully saturated rings. The first kappa shape index (κ1) is 17.0. The molecule has 5 heteroatoms. The molecule has 1 aromatic rings. The number of likely N-dealkylation sites (tertiary alicyclic amines) is 1. The Balaban J connectivity index is 1.60. The Hall–Kier alpha value is -1.88. The summed E-state index contributed by atoms with van der Waals surface area (Å²) in [4.78, 5) is 26.9. The summed E-state index contributed by atoms with van der Waals surface area (Å²) in [6.45, 7) is 1.68. The third kappa shape index (κ3) is 4.15. The van der Waals surface area contributed by atoms with Gasteiger partial charge < -0.3 is 15.3 Å². The number of hydrogen-bond donors (Lipinski definition) is 2. The first-order valence-electron chi connectivity index (χ1n) is 8.91. The number of benzene rings is 1. The van der Waals surface area contributed by atoms with E-state index < -0.39 is 5.92 Å². The summed E-state index contributed by atoms with van der Waals surface area (Å²) in [7, 11) is 0. The van der Waals surface area contributed by atoms with Crippen LogP contribution in [0.5, 0.6) is 0 Å². The van der Waals surface area contributed by atoms with Crippen LogP contribution in [0.25, 0.3) is 0 Å². The van der Waals surface area contributed by atoms with Crippen molar-refractivity contribution in [3.63, 3.8) is 0 Å². The fraction of sp³-hybridized carbons (Fsp3) is 0.579. The maximum atomic E-state index is 12.8. The molecule has 1 saturated heterocycles. The number of aliphatic hydroxyl groups excluding tert-OH is 1. The molecule has 1 saturated carbocycles. The quantitative estimate of drug-likeness (QED) is 0.831. The van der Waals surface area contributed by atoms with E-state index in [1.54, 1.807) is 4.90 Å². The molecular weight excluding hydrogens is 304 g/mol. The van der Waals surface area contributed by atoms with E-state index in [0.717, 1.165) is 24.9 Å². The van der Waals surface area contributed by atoms with Gasteiger partial charge in [-0.3, -0.25) is 9.59 Å². The number of nitrogens with zero attached hydrogens (tertiary/aromatic N) is 1. The van der Waals surface area contributed by atoms with Gasteiger partial charge in [-0.15, -0.1) is 0 Å². The second kappa shape index (κ2) is 7.79. The van der Waals surface area contributed by atoms with E-state index in [1.165, 1.54) is 12.8 Å². The molecule has 2 atom stereocenters. The van der Waals surface area contributed by atoms with Crippen LogP contribution >= 0.6 is 0 Å². The normalized spacial score (nSPS) is 22.0. The smallest absolute Gasteiger partial charge is 0.232 e. The molecule has 2 amide bonds. The second-order valence-electron chi connectivity index (χ2n) is 6.96. The van der Waals surface area contributed by atoms with Gasteiger partial charge in [-0.05, 0) is 37.2 Å². The van der Waals surface area contributed by atoms with E-state index in [9.17, 15) is 14.7 Å². The largest absolute Gasteiger partial charge is 0.395 e. The van der Waals surface area contributed by atoms with Crippen molar-refractivity contribution in [3.8, 4) is 0 Å². The highest BCUT2D eigenvalue weighted by Crippen LogP contribution is 2.28. The number of rotatable bonds is 6. The molecule has 0 bridgehead atoms. The minimum Gasteiger partial charge on any atom is -0.395 e. The number of amides is 2. The number of carbonyl (C=O) groups is 2. The molecule has 2 N–H and O–H groups in total. The zero-order chi connectivity index (χ0) is 16.9. The number of hydrogen-bond acceptors (Lipinski definition) is 3. The zero-order valence-corrected chi connectivity index (χ0v) is 14.0. The zero-order valence-electron chi connectivity index (χ0n) is 14.0. The summed E-state index contributed by atoms with van der Waals surface area (Å²) in [6, 6.07) is 9.36. The molecule has 0 spiro atoms. The fourth-order valence-corrected chi connectivity index (χ4v) is 3.33. The van der Waals surface area contributed by atoms with Crippen molar-refractivity contribution in [2.75, 3.05) is 26.2 Å². The molecule has 0 radical (unpaired) electrons. The third-order valence-electron chi connectivity index (χ3n) is 5.05. The summed E-state index contributed by atoms with van der Waals surface area (Å²) < 4.78 is 0. The van der Waals surface area contributed by atoms with E-state index in [2.05, 4.69) is 5.32 Å². The molecule has 24 heavy (non-hydrogen) atoms. The number of piperidine rings is 1. The van der Waals surface area contributed by atoms with Gasteiger partial charge in [0.2, 0.25) is 11.8 Å². The molecule has 1 aliphatic carbocycles. The van der Waals surface area contributed by atoms with Crippen molar-refractivity contribution in [2.45, 2.75) is 31.6 Å². The van der Waals surface area contributed by atoms with E-state index in [-0.39, 0.29) is 24.3 Å². The lowest BCUT2D eigenvalue weighted by Crippen LogP contribution is -2.47. The minimum absolute atomic E-state index is 0.0691. The van der Waals surface area contributed by atoms with Crippen molar-refractivity contribution in [1.29, 1.82) is 0 Å². The molecule has 2 unspecified atom stereocenters. The van der Waals surface area contributed by atoms with Gasteiger partial charge >= 0.3 is 0 Å². The lowest BCUT2D eigenvalue weighted by molar-refractivity contribution is -0.137. The van der Waals surface area contributed by atoms with Gasteiger partial charge in [0.05, 0.1) is 18.4 Å². The van der Waals surface area contributed by atoms with E-state index in [0.29, 0.717) is 19.0 Å². The predicted molar refractivity (Wildman–Crippen MR) is 91.3 cm³/mol. The van der Waals surface area contributed by atoms with Gasteiger partial charge in [-0.2, -0.15) is 0 Å². The van der Waals surface area contributed by atoms with Gasteiger partial charge in [0, 0.05) is 19.6 Å². The summed E-state index contributed by atoms with van der Waals surface area (Å²) in [5, 5.41) is 12.7. The van der Waals surface area contributed by atoms with Crippen LogP contribution in [0.3, 0.4) is 0 Å². The van der Waals surface area contributed by atoms with Crippen LogP contribution in [0.15, 0.2) is 30.3 Å². The molecule has 2 aliphatic rings. The fourth-order valence-electron chi connectivity index (χ4n) is 3.33. The Morgan fingerprint density at radius 1 is 1.21 bits per heavy atom. The van der Waals surface area contributed by atoms with Gasteiger partial charge in [0.25, 0.3) is 0 Å². The van der Waals surface area contributed by atoms with Crippen LogP contribution < -0.4 is 5.32 Å². The van der Waals surface area contributed by atoms with Gasteiger partial charge in [-0.1, -0.05) is 30.3 Å². The van der Waals surface area contributed by atoms with Crippen LogP contribution in [0, 0.1) is 11.8 Å². The second-order valence-corrected chi connectivity index (χ2v) is 6.96.